The standard InChI is InChI=1S/C26H39N5O6/c1-4-15(2)8-11-20(32)21(33)22(34)23(37-3)25(35)28-18-7-5-6-12-31(26(18)36)14-16-9-10-17-19(13-16)29-30-24(17)27/h8-11,13,15,18,20-23,32-34H,4-7,12,14H2,1-3H3,(H,28,35)(H3,27,29,30)/b11-8+/t15?,18-,20+,21-,22+,23+/m0/s1. The summed E-state index contributed by atoms with van der Waals surface area (Å²) < 4.78 is 5.16. The minimum absolute atomic E-state index is 0.184. The molecule has 1 aliphatic rings. The summed E-state index contributed by atoms with van der Waals surface area (Å²) in [7, 11) is 1.22. The molecule has 1 unspecified atom stereocenters. The average Bonchev–Trinajstić information content (AvgIpc) is 3.18. The summed E-state index contributed by atoms with van der Waals surface area (Å²) in [5.41, 5.74) is 7.50. The maximum atomic E-state index is 13.3. The van der Waals surface area contributed by atoms with Crippen molar-refractivity contribution in [3.8, 4) is 0 Å². The summed E-state index contributed by atoms with van der Waals surface area (Å²) in [5.74, 6) is -0.378. The number of fused-ring (bicyclic) bond motifs is 1. The zero-order chi connectivity index (χ0) is 27.1. The Bertz CT molecular complexity index is 1090. The second kappa shape index (κ2) is 13.0. The lowest BCUT2D eigenvalue weighted by Crippen LogP contribution is -2.55. The van der Waals surface area contributed by atoms with Gasteiger partial charge in [0.2, 0.25) is 5.91 Å². The van der Waals surface area contributed by atoms with Gasteiger partial charge in [-0.1, -0.05) is 38.5 Å². The molecule has 11 nitrogen and oxygen atoms in total. The molecule has 0 aliphatic carbocycles. The molecule has 6 atom stereocenters. The molecule has 1 fully saturated rings. The first-order valence-corrected chi connectivity index (χ1v) is 12.7. The molecule has 0 bridgehead atoms. The van der Waals surface area contributed by atoms with E-state index in [9.17, 15) is 24.9 Å². The number of methoxy groups -OCH3 is 1. The molecule has 2 heterocycles. The van der Waals surface area contributed by atoms with Gasteiger partial charge in [0.05, 0.1) is 5.52 Å². The summed E-state index contributed by atoms with van der Waals surface area (Å²) in [6, 6.07) is 4.83. The third-order valence-corrected chi connectivity index (χ3v) is 6.93. The molecule has 1 aliphatic heterocycles. The Labute approximate surface area is 216 Å². The first kappa shape index (κ1) is 28.6. The van der Waals surface area contributed by atoms with Crippen molar-refractivity contribution in [1.82, 2.24) is 20.4 Å². The highest BCUT2D eigenvalue weighted by Gasteiger charge is 2.37. The maximum Gasteiger partial charge on any atom is 0.252 e. The van der Waals surface area contributed by atoms with E-state index in [1.807, 2.05) is 32.0 Å². The number of amides is 2. The number of nitrogens with one attached hydrogen (secondary N) is 2. The van der Waals surface area contributed by atoms with Gasteiger partial charge in [0.15, 0.2) is 11.9 Å². The fraction of sp³-hybridized carbons (Fsp3) is 0.577. The van der Waals surface area contributed by atoms with Gasteiger partial charge >= 0.3 is 0 Å². The maximum absolute atomic E-state index is 13.3. The number of rotatable bonds is 11. The highest BCUT2D eigenvalue weighted by atomic mass is 16.5. The van der Waals surface area contributed by atoms with Crippen molar-refractivity contribution in [2.75, 3.05) is 19.4 Å². The topological polar surface area (TPSA) is 174 Å². The lowest BCUT2D eigenvalue weighted by atomic mass is 9.99. The summed E-state index contributed by atoms with van der Waals surface area (Å²) in [5, 5.41) is 41.6. The Balaban J connectivity index is 1.66. The number of benzene rings is 1. The summed E-state index contributed by atoms with van der Waals surface area (Å²) in [6.45, 7) is 4.83. The first-order valence-electron chi connectivity index (χ1n) is 12.7. The molecule has 3 rings (SSSR count). The van der Waals surface area contributed by atoms with Gasteiger partial charge in [-0.25, -0.2) is 0 Å². The second-order valence-corrected chi connectivity index (χ2v) is 9.70. The predicted octanol–water partition coefficient (Wildman–Crippen LogP) is 0.842. The van der Waals surface area contributed by atoms with Gasteiger partial charge in [-0.2, -0.15) is 5.10 Å². The number of carbonyl (C=O) groups excluding carboxylic acids is 2. The number of hydrogen-bond donors (Lipinski definition) is 6. The van der Waals surface area contributed by atoms with Crippen LogP contribution in [0.15, 0.2) is 30.4 Å². The molecule has 0 radical (unpaired) electrons. The fourth-order valence-corrected chi connectivity index (χ4v) is 4.39. The average molecular weight is 518 g/mol. The first-order chi connectivity index (χ1) is 17.7. The SMILES string of the molecule is CCC(C)/C=C/[C@@H](O)[C@H](O)[C@@H](O)[C@@H](OC)C(=O)N[C@H]1CCCCN(Cc2ccc3c(N)n[nH]c3c2)C1=O. The molecule has 11 heteroatoms. The number of nitrogen functional groups attached to an aromatic ring is 1. The van der Waals surface area contributed by atoms with E-state index in [2.05, 4.69) is 15.5 Å². The zero-order valence-electron chi connectivity index (χ0n) is 21.6. The van der Waals surface area contributed by atoms with Gasteiger partial charge in [-0.05, 0) is 42.9 Å². The Morgan fingerprint density at radius 2 is 2.05 bits per heavy atom. The number of H-pyrrole nitrogens is 1. The van der Waals surface area contributed by atoms with Crippen LogP contribution in [0.3, 0.4) is 0 Å². The molecule has 1 aromatic heterocycles. The van der Waals surface area contributed by atoms with Crippen molar-refractivity contribution in [2.45, 2.75) is 76.5 Å². The minimum atomic E-state index is -1.70. The number of carbonyl (C=O) groups is 2. The van der Waals surface area contributed by atoms with E-state index in [4.69, 9.17) is 10.5 Å². The largest absolute Gasteiger partial charge is 0.387 e. The van der Waals surface area contributed by atoms with Gasteiger partial charge in [0.25, 0.3) is 5.91 Å². The third kappa shape index (κ3) is 7.07. The number of aromatic nitrogens is 2. The molecule has 7 N–H and O–H groups in total. The summed E-state index contributed by atoms with van der Waals surface area (Å²) in [6.07, 6.45) is -0.278. The van der Waals surface area contributed by atoms with Crippen LogP contribution in [0.25, 0.3) is 10.9 Å². The van der Waals surface area contributed by atoms with Crippen molar-refractivity contribution in [1.29, 1.82) is 0 Å². The smallest absolute Gasteiger partial charge is 0.252 e. The van der Waals surface area contributed by atoms with E-state index in [0.29, 0.717) is 25.3 Å². The van der Waals surface area contributed by atoms with Gasteiger partial charge in [-0.15, -0.1) is 0 Å². The van der Waals surface area contributed by atoms with E-state index in [-0.39, 0.29) is 11.8 Å². The van der Waals surface area contributed by atoms with E-state index in [0.717, 1.165) is 35.7 Å². The van der Waals surface area contributed by atoms with Crippen LogP contribution < -0.4 is 11.1 Å². The van der Waals surface area contributed by atoms with Crippen molar-refractivity contribution < 1.29 is 29.6 Å². The van der Waals surface area contributed by atoms with E-state index in [1.165, 1.54) is 13.2 Å². The third-order valence-electron chi connectivity index (χ3n) is 6.93. The van der Waals surface area contributed by atoms with Crippen LogP contribution in [0.4, 0.5) is 5.82 Å². The molecular weight excluding hydrogens is 478 g/mol. The normalized spacial score (nSPS) is 21.0. The number of aliphatic hydroxyl groups excluding tert-OH is 3. The predicted molar refractivity (Wildman–Crippen MR) is 139 cm³/mol. The lowest BCUT2D eigenvalue weighted by molar-refractivity contribution is -0.151. The Morgan fingerprint density at radius 3 is 2.76 bits per heavy atom. The van der Waals surface area contributed by atoms with Gasteiger partial charge in [0, 0.05) is 25.6 Å². The Hall–Kier alpha value is -2.99. The van der Waals surface area contributed by atoms with Crippen LogP contribution in [0, 0.1) is 5.92 Å². The Kier molecular flexibility index (Phi) is 10.0. The molecule has 0 saturated carbocycles. The Morgan fingerprint density at radius 1 is 1.30 bits per heavy atom. The number of aliphatic hydroxyl groups is 3. The molecule has 1 aromatic carbocycles. The number of aromatic amines is 1. The summed E-state index contributed by atoms with van der Waals surface area (Å²) >= 11 is 0. The van der Waals surface area contributed by atoms with Crippen LogP contribution in [-0.2, 0) is 20.9 Å². The molecule has 0 spiro atoms. The zero-order valence-corrected chi connectivity index (χ0v) is 21.6. The number of ether oxygens (including phenoxy) is 1. The number of allylic oxidation sites excluding steroid dienone is 1. The molecule has 2 amide bonds. The number of likely N-dealkylation sites (tertiary alicyclic amines) is 1. The van der Waals surface area contributed by atoms with E-state index in [1.54, 1.807) is 11.0 Å². The monoisotopic (exact) mass is 517 g/mol. The molecular formula is C26H39N5O6. The highest BCUT2D eigenvalue weighted by molar-refractivity contribution is 5.90. The molecule has 37 heavy (non-hydrogen) atoms. The fourth-order valence-electron chi connectivity index (χ4n) is 4.39. The molecule has 204 valence electrons. The summed E-state index contributed by atoms with van der Waals surface area (Å²) in [4.78, 5) is 28.0. The van der Waals surface area contributed by atoms with Crippen LogP contribution in [0.5, 0.6) is 0 Å². The van der Waals surface area contributed by atoms with Crippen molar-refractivity contribution in [2.24, 2.45) is 5.92 Å². The van der Waals surface area contributed by atoms with E-state index >= 15 is 0 Å². The highest BCUT2D eigenvalue weighted by Crippen LogP contribution is 2.22. The van der Waals surface area contributed by atoms with Crippen LogP contribution in [0.2, 0.25) is 0 Å². The van der Waals surface area contributed by atoms with Crippen molar-refractivity contribution in [3.05, 3.63) is 35.9 Å². The van der Waals surface area contributed by atoms with Crippen LogP contribution in [0.1, 0.15) is 45.1 Å². The van der Waals surface area contributed by atoms with Gasteiger partial charge < -0.3 is 36.0 Å². The molecule has 1 saturated heterocycles. The van der Waals surface area contributed by atoms with Crippen molar-refractivity contribution >= 4 is 28.5 Å². The number of hydrogen-bond acceptors (Lipinski definition) is 8. The number of nitrogens with two attached hydrogens (primary N) is 1. The number of anilines is 1. The second-order valence-electron chi connectivity index (χ2n) is 9.70. The number of nitrogens with zero attached hydrogens (tertiary/aromatic N) is 2. The molecule has 2 aromatic rings. The van der Waals surface area contributed by atoms with Gasteiger partial charge in [-0.3, -0.25) is 14.7 Å². The van der Waals surface area contributed by atoms with Crippen LogP contribution >= 0.6 is 0 Å². The minimum Gasteiger partial charge on any atom is -0.387 e. The van der Waals surface area contributed by atoms with E-state index < -0.39 is 36.4 Å². The lowest BCUT2D eigenvalue weighted by Gasteiger charge is -2.29. The van der Waals surface area contributed by atoms with Gasteiger partial charge in [0.1, 0.15) is 24.4 Å². The quantitative estimate of drug-likeness (QED) is 0.238. The van der Waals surface area contributed by atoms with Crippen molar-refractivity contribution in [3.63, 3.8) is 0 Å². The van der Waals surface area contributed by atoms with Crippen LogP contribution in [-0.4, -0.2) is 86.3 Å².